The highest BCUT2D eigenvalue weighted by atomic mass is 127. The SMILES string of the molecule is CCNC(=NCC1(O)CCCC1)NCCCn1ccc2ccccc21.I. The van der Waals surface area contributed by atoms with Crippen LogP contribution >= 0.6 is 24.0 Å². The molecule has 1 aromatic carbocycles. The lowest BCUT2D eigenvalue weighted by Gasteiger charge is -2.20. The second kappa shape index (κ2) is 10.2. The van der Waals surface area contributed by atoms with Crippen LogP contribution in [-0.4, -0.2) is 40.9 Å². The molecule has 3 N–H and O–H groups in total. The van der Waals surface area contributed by atoms with Gasteiger partial charge in [0.05, 0.1) is 12.1 Å². The van der Waals surface area contributed by atoms with Gasteiger partial charge in [0.25, 0.3) is 0 Å². The lowest BCUT2D eigenvalue weighted by molar-refractivity contribution is 0.0574. The minimum Gasteiger partial charge on any atom is -0.388 e. The average molecular weight is 470 g/mol. The zero-order valence-electron chi connectivity index (χ0n) is 15.6. The van der Waals surface area contributed by atoms with Gasteiger partial charge in [-0.3, -0.25) is 4.99 Å². The standard InChI is InChI=1S/C20H30N4O.HI/c1-2-21-19(23-16-20(25)11-5-6-12-20)22-13-7-14-24-15-10-17-8-3-4-9-18(17)24;/h3-4,8-10,15,25H,2,5-7,11-14,16H2,1H3,(H2,21,22,23);1H. The number of aliphatic imine (C=N–C) groups is 1. The number of hydrogen-bond donors (Lipinski definition) is 3. The molecule has 26 heavy (non-hydrogen) atoms. The second-order valence-electron chi connectivity index (χ2n) is 6.97. The zero-order valence-corrected chi connectivity index (χ0v) is 17.9. The van der Waals surface area contributed by atoms with Gasteiger partial charge in [0.15, 0.2) is 5.96 Å². The van der Waals surface area contributed by atoms with Crippen molar-refractivity contribution in [1.82, 2.24) is 15.2 Å². The van der Waals surface area contributed by atoms with Gasteiger partial charge < -0.3 is 20.3 Å². The number of aliphatic hydroxyl groups is 1. The Hall–Kier alpha value is -1.28. The Labute approximate surface area is 173 Å². The van der Waals surface area contributed by atoms with E-state index in [0.717, 1.165) is 57.7 Å². The summed E-state index contributed by atoms with van der Waals surface area (Å²) in [4.78, 5) is 4.59. The molecule has 1 heterocycles. The van der Waals surface area contributed by atoms with E-state index in [9.17, 15) is 5.11 Å². The van der Waals surface area contributed by atoms with E-state index in [1.165, 1.54) is 10.9 Å². The molecule has 1 aromatic heterocycles. The highest BCUT2D eigenvalue weighted by molar-refractivity contribution is 14.0. The highest BCUT2D eigenvalue weighted by Crippen LogP contribution is 2.29. The summed E-state index contributed by atoms with van der Waals surface area (Å²) in [5.41, 5.74) is 0.693. The summed E-state index contributed by atoms with van der Waals surface area (Å²) < 4.78 is 2.29. The number of aryl methyl sites for hydroxylation is 1. The number of nitrogens with zero attached hydrogens (tertiary/aromatic N) is 2. The fourth-order valence-corrected chi connectivity index (χ4v) is 3.55. The van der Waals surface area contributed by atoms with Gasteiger partial charge in [-0.1, -0.05) is 31.0 Å². The normalized spacial score (nSPS) is 16.5. The van der Waals surface area contributed by atoms with Crippen LogP contribution in [0, 0.1) is 0 Å². The Morgan fingerprint density at radius 2 is 1.96 bits per heavy atom. The van der Waals surface area contributed by atoms with Crippen LogP contribution in [0.15, 0.2) is 41.5 Å². The van der Waals surface area contributed by atoms with Gasteiger partial charge in [-0.15, -0.1) is 24.0 Å². The molecule has 0 unspecified atom stereocenters. The van der Waals surface area contributed by atoms with Crippen molar-refractivity contribution >= 4 is 40.8 Å². The van der Waals surface area contributed by atoms with Gasteiger partial charge >= 0.3 is 0 Å². The molecule has 0 saturated heterocycles. The smallest absolute Gasteiger partial charge is 0.191 e. The first kappa shape index (κ1) is 21.0. The maximum absolute atomic E-state index is 10.4. The molecular formula is C20H31IN4O. The van der Waals surface area contributed by atoms with Crippen molar-refractivity contribution in [3.63, 3.8) is 0 Å². The molecule has 0 atom stereocenters. The summed E-state index contributed by atoms with van der Waals surface area (Å²) in [6.07, 6.45) is 7.14. The number of guanidine groups is 1. The van der Waals surface area contributed by atoms with Crippen molar-refractivity contribution in [1.29, 1.82) is 0 Å². The zero-order chi connectivity index (χ0) is 17.5. The molecule has 0 spiro atoms. The van der Waals surface area contributed by atoms with Gasteiger partial charge in [0.1, 0.15) is 0 Å². The largest absolute Gasteiger partial charge is 0.388 e. The number of aromatic nitrogens is 1. The highest BCUT2D eigenvalue weighted by Gasteiger charge is 2.30. The van der Waals surface area contributed by atoms with Crippen molar-refractivity contribution in [3.8, 4) is 0 Å². The number of para-hydroxylation sites is 1. The molecule has 3 rings (SSSR count). The van der Waals surface area contributed by atoms with Crippen molar-refractivity contribution in [2.45, 2.75) is 51.2 Å². The van der Waals surface area contributed by atoms with Crippen LogP contribution in [0.1, 0.15) is 39.0 Å². The van der Waals surface area contributed by atoms with Crippen molar-refractivity contribution in [3.05, 3.63) is 36.5 Å². The molecule has 1 aliphatic rings. The Kier molecular flexibility index (Phi) is 8.21. The molecule has 1 fully saturated rings. The van der Waals surface area contributed by atoms with Gasteiger partial charge in [-0.05, 0) is 43.7 Å². The molecule has 2 aromatic rings. The van der Waals surface area contributed by atoms with Crippen molar-refractivity contribution in [2.75, 3.05) is 19.6 Å². The van der Waals surface area contributed by atoms with Crippen LogP contribution in [0.5, 0.6) is 0 Å². The molecule has 0 radical (unpaired) electrons. The third-order valence-electron chi connectivity index (χ3n) is 4.96. The topological polar surface area (TPSA) is 61.6 Å². The Morgan fingerprint density at radius 3 is 2.73 bits per heavy atom. The molecule has 1 aliphatic carbocycles. The predicted molar refractivity (Wildman–Crippen MR) is 119 cm³/mol. The van der Waals surface area contributed by atoms with Crippen molar-refractivity contribution in [2.24, 2.45) is 4.99 Å². The lowest BCUT2D eigenvalue weighted by Crippen LogP contribution is -2.40. The first-order valence-corrected chi connectivity index (χ1v) is 9.49. The van der Waals surface area contributed by atoms with E-state index in [-0.39, 0.29) is 24.0 Å². The van der Waals surface area contributed by atoms with Crippen LogP contribution < -0.4 is 10.6 Å². The number of benzene rings is 1. The van der Waals surface area contributed by atoms with Crippen LogP contribution in [0.2, 0.25) is 0 Å². The fourth-order valence-electron chi connectivity index (χ4n) is 3.55. The van der Waals surface area contributed by atoms with Gasteiger partial charge in [-0.2, -0.15) is 0 Å². The monoisotopic (exact) mass is 470 g/mol. The van der Waals surface area contributed by atoms with Gasteiger partial charge in [-0.25, -0.2) is 0 Å². The number of nitrogens with one attached hydrogen (secondary N) is 2. The number of halogens is 1. The van der Waals surface area contributed by atoms with Crippen LogP contribution in [0.25, 0.3) is 10.9 Å². The Balaban J connectivity index is 0.00000243. The molecule has 0 aliphatic heterocycles. The summed E-state index contributed by atoms with van der Waals surface area (Å²) in [6, 6.07) is 10.6. The van der Waals surface area contributed by atoms with E-state index in [2.05, 4.69) is 63.6 Å². The maximum Gasteiger partial charge on any atom is 0.191 e. The first-order valence-electron chi connectivity index (χ1n) is 9.49. The van der Waals surface area contributed by atoms with Gasteiger partial charge in [0, 0.05) is 31.3 Å². The second-order valence-corrected chi connectivity index (χ2v) is 6.97. The minimum absolute atomic E-state index is 0. The predicted octanol–water partition coefficient (Wildman–Crippen LogP) is 3.51. The van der Waals surface area contributed by atoms with Crippen LogP contribution in [0.4, 0.5) is 0 Å². The maximum atomic E-state index is 10.4. The van der Waals surface area contributed by atoms with E-state index in [0.29, 0.717) is 6.54 Å². The average Bonchev–Trinajstić information content (AvgIpc) is 3.23. The van der Waals surface area contributed by atoms with Gasteiger partial charge in [0.2, 0.25) is 0 Å². The third-order valence-corrected chi connectivity index (χ3v) is 4.96. The number of rotatable bonds is 7. The molecule has 0 amide bonds. The van der Waals surface area contributed by atoms with E-state index >= 15 is 0 Å². The van der Waals surface area contributed by atoms with E-state index < -0.39 is 5.60 Å². The molecule has 144 valence electrons. The van der Waals surface area contributed by atoms with Crippen LogP contribution in [0.3, 0.4) is 0 Å². The number of hydrogen-bond acceptors (Lipinski definition) is 2. The molecular weight excluding hydrogens is 439 g/mol. The molecule has 5 nitrogen and oxygen atoms in total. The molecule has 0 bridgehead atoms. The van der Waals surface area contributed by atoms with E-state index in [4.69, 9.17) is 0 Å². The molecule has 6 heteroatoms. The summed E-state index contributed by atoms with van der Waals surface area (Å²) >= 11 is 0. The number of fused-ring (bicyclic) bond motifs is 1. The quantitative estimate of drug-likeness (QED) is 0.251. The minimum atomic E-state index is -0.591. The van der Waals surface area contributed by atoms with E-state index in [1.807, 2.05) is 0 Å². The van der Waals surface area contributed by atoms with Crippen molar-refractivity contribution < 1.29 is 5.11 Å². The summed E-state index contributed by atoms with van der Waals surface area (Å²) in [5, 5.41) is 18.4. The fraction of sp³-hybridized carbons (Fsp3) is 0.550. The summed E-state index contributed by atoms with van der Waals surface area (Å²) in [6.45, 7) is 5.21. The Morgan fingerprint density at radius 1 is 1.19 bits per heavy atom. The van der Waals surface area contributed by atoms with E-state index in [1.54, 1.807) is 0 Å². The summed E-state index contributed by atoms with van der Waals surface area (Å²) in [7, 11) is 0. The first-order chi connectivity index (χ1) is 12.2. The van der Waals surface area contributed by atoms with Crippen LogP contribution in [-0.2, 0) is 6.54 Å². The lowest BCUT2D eigenvalue weighted by atomic mass is 10.0. The molecule has 1 saturated carbocycles. The third kappa shape index (κ3) is 5.61. The Bertz CT molecular complexity index is 707. The summed E-state index contributed by atoms with van der Waals surface area (Å²) in [5.74, 6) is 0.806.